The van der Waals surface area contributed by atoms with E-state index >= 15 is 0 Å². The number of rotatable bonds is 5. The fraction of sp³-hybridized carbons (Fsp3) is 0.115. The van der Waals surface area contributed by atoms with Gasteiger partial charge in [0.15, 0.2) is 0 Å². The van der Waals surface area contributed by atoms with E-state index in [4.69, 9.17) is 44.3 Å². The molecule has 1 N–H and O–H groups in total. The van der Waals surface area contributed by atoms with Gasteiger partial charge in [0.05, 0.1) is 38.0 Å². The zero-order valence-corrected chi connectivity index (χ0v) is 20.9. The lowest BCUT2D eigenvalue weighted by atomic mass is 10.0. The molecule has 0 bridgehead atoms. The van der Waals surface area contributed by atoms with Crippen LogP contribution in [0.15, 0.2) is 59.4 Å². The second-order valence-corrected chi connectivity index (χ2v) is 9.47. The predicted molar refractivity (Wildman–Crippen MR) is 137 cm³/mol. The van der Waals surface area contributed by atoms with Crippen molar-refractivity contribution in [2.75, 3.05) is 0 Å². The summed E-state index contributed by atoms with van der Waals surface area (Å²) in [6.45, 7) is 3.72. The number of aromatic carboxylic acids is 1. The lowest BCUT2D eigenvalue weighted by molar-refractivity contribution is 0.0697. The molecular formula is C26H18Cl3N3O3. The van der Waals surface area contributed by atoms with Crippen molar-refractivity contribution in [2.24, 2.45) is 0 Å². The van der Waals surface area contributed by atoms with Gasteiger partial charge in [-0.3, -0.25) is 4.98 Å². The summed E-state index contributed by atoms with van der Waals surface area (Å²) in [4.78, 5) is 16.3. The van der Waals surface area contributed by atoms with Crippen LogP contribution in [0.25, 0.3) is 27.8 Å². The molecule has 0 atom stereocenters. The molecule has 0 spiro atoms. The van der Waals surface area contributed by atoms with Crippen molar-refractivity contribution < 1.29 is 14.4 Å². The van der Waals surface area contributed by atoms with Crippen molar-refractivity contribution in [3.05, 3.63) is 98.1 Å². The standard InChI is InChI=1S/C26H18Cl3N3O3/c1-13-23(14(2)35-31-13)17-10-22-24(30-11-17)18(6-15-4-3-5-19(27)7-15)12-32(22)25-20(28)8-16(26(33)34)9-21(25)29/h3-5,7-12H,6H2,1-2H3,(H,33,34). The van der Waals surface area contributed by atoms with E-state index in [9.17, 15) is 9.90 Å². The van der Waals surface area contributed by atoms with Gasteiger partial charge in [0.1, 0.15) is 5.76 Å². The van der Waals surface area contributed by atoms with Crippen LogP contribution in [-0.2, 0) is 6.42 Å². The third kappa shape index (κ3) is 4.29. The molecule has 0 aliphatic rings. The fourth-order valence-electron chi connectivity index (χ4n) is 4.30. The number of benzene rings is 2. The maximum Gasteiger partial charge on any atom is 0.335 e. The lowest BCUT2D eigenvalue weighted by Crippen LogP contribution is -2.01. The molecule has 0 aliphatic heterocycles. The van der Waals surface area contributed by atoms with Gasteiger partial charge in [-0.25, -0.2) is 4.79 Å². The second kappa shape index (κ2) is 9.04. The fourth-order valence-corrected chi connectivity index (χ4v) is 5.18. The van der Waals surface area contributed by atoms with Crippen LogP contribution in [0.3, 0.4) is 0 Å². The molecule has 0 aliphatic carbocycles. The Morgan fingerprint density at radius 3 is 2.46 bits per heavy atom. The third-order valence-electron chi connectivity index (χ3n) is 5.83. The van der Waals surface area contributed by atoms with E-state index in [1.165, 1.54) is 12.1 Å². The molecule has 35 heavy (non-hydrogen) atoms. The number of nitrogens with zero attached hydrogens (tertiary/aromatic N) is 3. The third-order valence-corrected chi connectivity index (χ3v) is 6.64. The Labute approximate surface area is 215 Å². The maximum atomic E-state index is 11.5. The first-order chi connectivity index (χ1) is 16.7. The Balaban J connectivity index is 1.76. The van der Waals surface area contributed by atoms with Gasteiger partial charge in [-0.15, -0.1) is 0 Å². The average molecular weight is 527 g/mol. The first kappa shape index (κ1) is 23.4. The van der Waals surface area contributed by atoms with Crippen LogP contribution in [0.1, 0.15) is 32.9 Å². The van der Waals surface area contributed by atoms with Crippen LogP contribution >= 0.6 is 34.8 Å². The van der Waals surface area contributed by atoms with Crippen LogP contribution in [0.4, 0.5) is 0 Å². The lowest BCUT2D eigenvalue weighted by Gasteiger charge is -2.12. The summed E-state index contributed by atoms with van der Waals surface area (Å²) in [6, 6.07) is 12.4. The largest absolute Gasteiger partial charge is 0.478 e. The molecule has 0 saturated carbocycles. The number of aromatic nitrogens is 3. The van der Waals surface area contributed by atoms with Crippen molar-refractivity contribution in [3.63, 3.8) is 0 Å². The molecule has 5 rings (SSSR count). The molecule has 0 amide bonds. The number of hydrogen-bond donors (Lipinski definition) is 1. The monoisotopic (exact) mass is 525 g/mol. The summed E-state index contributed by atoms with van der Waals surface area (Å²) < 4.78 is 7.20. The van der Waals surface area contributed by atoms with Gasteiger partial charge in [-0.1, -0.05) is 52.1 Å². The van der Waals surface area contributed by atoms with Crippen LogP contribution in [-0.4, -0.2) is 25.8 Å². The number of pyridine rings is 1. The van der Waals surface area contributed by atoms with E-state index in [1.54, 1.807) is 6.20 Å². The summed E-state index contributed by atoms with van der Waals surface area (Å²) in [6.07, 6.45) is 4.28. The molecule has 0 unspecified atom stereocenters. The molecule has 6 nitrogen and oxygen atoms in total. The molecule has 5 aromatic rings. The molecular weight excluding hydrogens is 509 g/mol. The van der Waals surface area contributed by atoms with Crippen molar-refractivity contribution in [1.82, 2.24) is 14.7 Å². The van der Waals surface area contributed by atoms with E-state index in [2.05, 4.69) is 5.16 Å². The zero-order chi connectivity index (χ0) is 24.9. The molecule has 0 radical (unpaired) electrons. The second-order valence-electron chi connectivity index (χ2n) is 8.22. The summed E-state index contributed by atoms with van der Waals surface area (Å²) in [5, 5.41) is 14.5. The normalized spacial score (nSPS) is 11.3. The Bertz CT molecular complexity index is 1580. The molecule has 176 valence electrons. The summed E-state index contributed by atoms with van der Waals surface area (Å²) in [7, 11) is 0. The minimum Gasteiger partial charge on any atom is -0.478 e. The minimum absolute atomic E-state index is 0.00824. The number of carboxylic acid groups (broad SMARTS) is 1. The van der Waals surface area contributed by atoms with Gasteiger partial charge in [-0.2, -0.15) is 0 Å². The first-order valence-corrected chi connectivity index (χ1v) is 11.8. The highest BCUT2D eigenvalue weighted by Gasteiger charge is 2.20. The number of halogens is 3. The van der Waals surface area contributed by atoms with E-state index in [1.807, 2.05) is 54.9 Å². The molecule has 2 aromatic carbocycles. The van der Waals surface area contributed by atoms with Gasteiger partial charge in [-0.05, 0) is 49.7 Å². The molecule has 0 saturated heterocycles. The van der Waals surface area contributed by atoms with E-state index in [-0.39, 0.29) is 15.6 Å². The van der Waals surface area contributed by atoms with Crippen LogP contribution < -0.4 is 0 Å². The van der Waals surface area contributed by atoms with Crippen molar-refractivity contribution >= 4 is 51.8 Å². The number of carboxylic acids is 1. The van der Waals surface area contributed by atoms with Gasteiger partial charge in [0, 0.05) is 40.5 Å². The highest BCUT2D eigenvalue weighted by molar-refractivity contribution is 6.38. The van der Waals surface area contributed by atoms with Crippen molar-refractivity contribution in [2.45, 2.75) is 20.3 Å². The van der Waals surface area contributed by atoms with Crippen LogP contribution in [0.5, 0.6) is 0 Å². The highest BCUT2D eigenvalue weighted by atomic mass is 35.5. The maximum absolute atomic E-state index is 11.5. The van der Waals surface area contributed by atoms with E-state index in [0.29, 0.717) is 22.9 Å². The highest BCUT2D eigenvalue weighted by Crippen LogP contribution is 2.37. The molecule has 0 fully saturated rings. The summed E-state index contributed by atoms with van der Waals surface area (Å²) in [5.41, 5.74) is 6.39. The Morgan fingerprint density at radius 1 is 1.09 bits per heavy atom. The zero-order valence-electron chi connectivity index (χ0n) is 18.6. The van der Waals surface area contributed by atoms with Gasteiger partial charge in [0.2, 0.25) is 0 Å². The van der Waals surface area contributed by atoms with Crippen molar-refractivity contribution in [3.8, 4) is 16.8 Å². The predicted octanol–water partition coefficient (Wildman–Crippen LogP) is 7.55. The quantitative estimate of drug-likeness (QED) is 0.256. The molecule has 3 aromatic heterocycles. The minimum atomic E-state index is -1.11. The number of aryl methyl sites for hydroxylation is 2. The topological polar surface area (TPSA) is 81.2 Å². The summed E-state index contributed by atoms with van der Waals surface area (Å²) in [5.74, 6) is -0.426. The van der Waals surface area contributed by atoms with Gasteiger partial charge < -0.3 is 14.2 Å². The SMILES string of the molecule is Cc1noc(C)c1-c1cnc2c(Cc3cccc(Cl)c3)cn(-c3c(Cl)cc(C(=O)O)cc3Cl)c2c1. The van der Waals surface area contributed by atoms with E-state index < -0.39 is 5.97 Å². The summed E-state index contributed by atoms with van der Waals surface area (Å²) >= 11 is 19.3. The number of hydrogen-bond acceptors (Lipinski definition) is 4. The smallest absolute Gasteiger partial charge is 0.335 e. The number of carbonyl (C=O) groups is 1. The first-order valence-electron chi connectivity index (χ1n) is 10.6. The van der Waals surface area contributed by atoms with Crippen molar-refractivity contribution in [1.29, 1.82) is 0 Å². The average Bonchev–Trinajstić information content (AvgIpc) is 3.32. The number of fused-ring (bicyclic) bond motifs is 1. The van der Waals surface area contributed by atoms with Crippen LogP contribution in [0, 0.1) is 13.8 Å². The Morgan fingerprint density at radius 2 is 1.83 bits per heavy atom. The molecule has 9 heteroatoms. The Hall–Kier alpha value is -3.32. The van der Waals surface area contributed by atoms with Gasteiger partial charge >= 0.3 is 5.97 Å². The molecule has 3 heterocycles. The van der Waals surface area contributed by atoms with E-state index in [0.717, 1.165) is 39.0 Å². The Kier molecular flexibility index (Phi) is 6.05. The van der Waals surface area contributed by atoms with Crippen LogP contribution in [0.2, 0.25) is 15.1 Å². The van der Waals surface area contributed by atoms with Gasteiger partial charge in [0.25, 0.3) is 0 Å².